The van der Waals surface area contributed by atoms with Gasteiger partial charge in [0, 0.05) is 47.3 Å². The molecule has 0 aromatic carbocycles. The molecule has 12 aliphatic carbocycles. The van der Waals surface area contributed by atoms with Crippen molar-refractivity contribution in [2.45, 2.75) is 134 Å². The van der Waals surface area contributed by atoms with Crippen LogP contribution in [-0.2, 0) is 33.4 Å². The summed E-state index contributed by atoms with van der Waals surface area (Å²) in [5.74, 6) is 3.08. The number of hydrogen-bond donors (Lipinski definition) is 0. The molecule has 244 valence electrons. The van der Waals surface area contributed by atoms with Gasteiger partial charge >= 0.3 is 5.97 Å². The van der Waals surface area contributed by atoms with Crippen molar-refractivity contribution in [3.05, 3.63) is 0 Å². The maximum absolute atomic E-state index is 14.1. The molecular formula is C38H50O7. The average Bonchev–Trinajstić information content (AvgIpc) is 3.36. The Hall–Kier alpha value is -1.60. The molecule has 1 saturated heterocycles. The van der Waals surface area contributed by atoms with Gasteiger partial charge in [0.05, 0.1) is 11.5 Å². The smallest absolute Gasteiger partial charge is 0.312 e. The molecule has 8 atom stereocenters. The van der Waals surface area contributed by atoms with Crippen molar-refractivity contribution in [3.63, 3.8) is 0 Å². The van der Waals surface area contributed by atoms with Crippen molar-refractivity contribution < 1.29 is 33.4 Å². The van der Waals surface area contributed by atoms with Crippen molar-refractivity contribution in [3.8, 4) is 0 Å². The van der Waals surface area contributed by atoms with Crippen LogP contribution in [0.3, 0.4) is 0 Å². The van der Waals surface area contributed by atoms with Crippen molar-refractivity contribution in [1.82, 2.24) is 0 Å². The predicted octanol–water partition coefficient (Wildman–Crippen LogP) is 6.00. The molecule has 0 radical (unpaired) electrons. The van der Waals surface area contributed by atoms with Crippen LogP contribution in [0.15, 0.2) is 0 Å². The second-order valence-corrected chi connectivity index (χ2v) is 18.8. The Morgan fingerprint density at radius 1 is 0.667 bits per heavy atom. The van der Waals surface area contributed by atoms with Gasteiger partial charge in [0.1, 0.15) is 30.1 Å². The summed E-state index contributed by atoms with van der Waals surface area (Å²) >= 11 is 0. The lowest BCUT2D eigenvalue weighted by Gasteiger charge is -2.62. The van der Waals surface area contributed by atoms with Crippen LogP contribution in [0.1, 0.15) is 116 Å². The zero-order chi connectivity index (χ0) is 30.5. The average molecular weight is 619 g/mol. The summed E-state index contributed by atoms with van der Waals surface area (Å²) < 4.78 is 20.4. The van der Waals surface area contributed by atoms with Gasteiger partial charge in [0.15, 0.2) is 5.79 Å². The van der Waals surface area contributed by atoms with E-state index in [1.807, 2.05) is 0 Å². The summed E-state index contributed by atoms with van der Waals surface area (Å²) in [7, 11) is 0. The fourth-order valence-corrected chi connectivity index (χ4v) is 14.7. The number of ketones is 3. The highest BCUT2D eigenvalue weighted by Crippen LogP contribution is 2.67. The van der Waals surface area contributed by atoms with Crippen molar-refractivity contribution >= 4 is 23.3 Å². The van der Waals surface area contributed by atoms with E-state index in [2.05, 4.69) is 6.92 Å². The maximum atomic E-state index is 14.1. The van der Waals surface area contributed by atoms with Crippen LogP contribution >= 0.6 is 0 Å². The fraction of sp³-hybridized carbons (Fsp3) is 0.895. The van der Waals surface area contributed by atoms with Gasteiger partial charge in [-0.05, 0) is 126 Å². The normalized spacial score (nSPS) is 56.2. The van der Waals surface area contributed by atoms with Gasteiger partial charge in [-0.15, -0.1) is 0 Å². The molecule has 13 aliphatic rings. The van der Waals surface area contributed by atoms with Gasteiger partial charge in [-0.2, -0.15) is 0 Å². The quantitative estimate of drug-likeness (QED) is 0.323. The molecule has 12 saturated carbocycles. The highest BCUT2D eigenvalue weighted by Gasteiger charge is 2.67. The van der Waals surface area contributed by atoms with Crippen LogP contribution in [0.5, 0.6) is 0 Å². The van der Waals surface area contributed by atoms with E-state index < -0.39 is 11.2 Å². The van der Waals surface area contributed by atoms with Crippen LogP contribution < -0.4 is 0 Å². The predicted molar refractivity (Wildman–Crippen MR) is 161 cm³/mol. The van der Waals surface area contributed by atoms with E-state index in [1.54, 1.807) is 0 Å². The van der Waals surface area contributed by atoms with Crippen LogP contribution in [0.2, 0.25) is 0 Å². The highest BCUT2D eigenvalue weighted by atomic mass is 16.8. The van der Waals surface area contributed by atoms with Gasteiger partial charge in [0.25, 0.3) is 0 Å². The second kappa shape index (κ2) is 9.30. The van der Waals surface area contributed by atoms with Gasteiger partial charge in [0.2, 0.25) is 0 Å². The standard InChI is InChI=1S/C38H50O7/c1-35-10-22-8-27(17-35)38(28(9-22)18-35)44-29(2-3-31(39)36-11-20-4-23(13-36)32(40)24(5-20)14-36)30(45-38)19-43-34(42)37-12-21-6-25(15-37)33(41)26(7-21)16-37/h20-30H,2-19H2,1H3. The Balaban J connectivity index is 0.877. The Bertz CT molecular complexity index is 1230. The fourth-order valence-electron chi connectivity index (χ4n) is 14.7. The Kier molecular flexibility index (Phi) is 5.87. The number of carbonyl (C=O) groups is 4. The van der Waals surface area contributed by atoms with Crippen LogP contribution in [0, 0.1) is 69.5 Å². The molecule has 13 rings (SSSR count). The Morgan fingerprint density at radius 2 is 1.18 bits per heavy atom. The molecule has 0 amide bonds. The monoisotopic (exact) mass is 618 g/mol. The molecule has 12 bridgehead atoms. The largest absolute Gasteiger partial charge is 0.462 e. The number of esters is 1. The highest BCUT2D eigenvalue weighted by molar-refractivity contribution is 5.92. The molecule has 1 aliphatic heterocycles. The minimum absolute atomic E-state index is 0.0335. The third-order valence-corrected chi connectivity index (χ3v) is 15.8. The van der Waals surface area contributed by atoms with Gasteiger partial charge < -0.3 is 14.2 Å². The first-order valence-corrected chi connectivity index (χ1v) is 18.7. The SMILES string of the molecule is CC12CC3CC(C1)C1(OC(CCC(=O)C45CC6CC(C4)C(=O)C(C6)C5)C(COC(=O)C45CC6CC(C4)C(=O)C(C6)C5)O1)C(C3)C2. The molecule has 0 aromatic heterocycles. The van der Waals surface area contributed by atoms with Crippen LogP contribution in [-0.4, -0.2) is 47.9 Å². The van der Waals surface area contributed by atoms with E-state index in [-0.39, 0.29) is 53.9 Å². The molecule has 7 heteroatoms. The van der Waals surface area contributed by atoms with Crippen molar-refractivity contribution in [2.24, 2.45) is 69.5 Å². The Labute approximate surface area is 266 Å². The molecular weight excluding hydrogens is 568 g/mol. The minimum atomic E-state index is -0.624. The number of carbonyl (C=O) groups excluding carboxylic acids is 4. The first-order chi connectivity index (χ1) is 21.5. The summed E-state index contributed by atoms with van der Waals surface area (Å²) in [6.45, 7) is 2.61. The van der Waals surface area contributed by atoms with Gasteiger partial charge in [-0.3, -0.25) is 19.2 Å². The first kappa shape index (κ1) is 28.4. The number of rotatable bonds is 7. The summed E-state index contributed by atoms with van der Waals surface area (Å²) in [5, 5.41) is 0. The number of hydrogen-bond acceptors (Lipinski definition) is 7. The van der Waals surface area contributed by atoms with E-state index in [4.69, 9.17) is 14.2 Å². The van der Waals surface area contributed by atoms with Crippen molar-refractivity contribution in [2.75, 3.05) is 6.61 Å². The van der Waals surface area contributed by atoms with Gasteiger partial charge in [-0.25, -0.2) is 0 Å². The van der Waals surface area contributed by atoms with Gasteiger partial charge in [-0.1, -0.05) is 6.92 Å². The molecule has 0 aromatic rings. The molecule has 1 spiro atoms. The molecule has 1 heterocycles. The molecule has 0 N–H and O–H groups in total. The van der Waals surface area contributed by atoms with Crippen LogP contribution in [0.4, 0.5) is 0 Å². The van der Waals surface area contributed by atoms with E-state index in [1.165, 1.54) is 6.42 Å². The summed E-state index contributed by atoms with van der Waals surface area (Å²) in [6, 6.07) is 0. The summed E-state index contributed by atoms with van der Waals surface area (Å²) in [6.07, 6.45) is 14.7. The van der Waals surface area contributed by atoms with E-state index in [0.29, 0.717) is 72.1 Å². The van der Waals surface area contributed by atoms with E-state index in [0.717, 1.165) is 83.0 Å². The lowest BCUT2D eigenvalue weighted by molar-refractivity contribution is -0.311. The number of ether oxygens (including phenoxy) is 3. The second-order valence-electron chi connectivity index (χ2n) is 18.8. The topological polar surface area (TPSA) is 96.0 Å². The lowest BCUT2D eigenvalue weighted by atomic mass is 9.48. The Morgan fingerprint density at radius 3 is 1.76 bits per heavy atom. The zero-order valence-corrected chi connectivity index (χ0v) is 26.9. The molecule has 45 heavy (non-hydrogen) atoms. The van der Waals surface area contributed by atoms with E-state index in [9.17, 15) is 19.2 Å². The van der Waals surface area contributed by atoms with Crippen LogP contribution in [0.25, 0.3) is 0 Å². The third-order valence-electron chi connectivity index (χ3n) is 15.8. The zero-order valence-electron chi connectivity index (χ0n) is 26.9. The molecule has 7 nitrogen and oxygen atoms in total. The minimum Gasteiger partial charge on any atom is -0.462 e. The third kappa shape index (κ3) is 4.01. The first-order valence-electron chi connectivity index (χ1n) is 18.7. The maximum Gasteiger partial charge on any atom is 0.312 e. The van der Waals surface area contributed by atoms with E-state index >= 15 is 0 Å². The summed E-state index contributed by atoms with van der Waals surface area (Å²) in [4.78, 5) is 53.5. The number of Topliss-reactive ketones (excluding diaryl/α,β-unsaturated/α-hetero) is 3. The summed E-state index contributed by atoms with van der Waals surface area (Å²) in [5.41, 5.74) is -0.465. The molecule has 8 unspecified atom stereocenters. The lowest BCUT2D eigenvalue weighted by Crippen LogP contribution is -2.61. The molecule has 13 fully saturated rings. The van der Waals surface area contributed by atoms with Crippen molar-refractivity contribution in [1.29, 1.82) is 0 Å².